The second-order valence-corrected chi connectivity index (χ2v) is 3.60. The van der Waals surface area contributed by atoms with E-state index in [2.05, 4.69) is 0 Å². The first-order valence-corrected chi connectivity index (χ1v) is 5.26. The number of carboxylic acid groups (broad SMARTS) is 1. The summed E-state index contributed by atoms with van der Waals surface area (Å²) in [6, 6.07) is 8.89. The van der Waals surface area contributed by atoms with Gasteiger partial charge in [0, 0.05) is 6.92 Å². The zero-order chi connectivity index (χ0) is 13.5. The van der Waals surface area contributed by atoms with Crippen molar-refractivity contribution in [1.82, 2.24) is 4.90 Å². The minimum atomic E-state index is -1.17. The molecule has 0 aliphatic heterocycles. The fourth-order valence-corrected chi connectivity index (χ4v) is 1.42. The monoisotopic (exact) mass is 247 g/mol. The SMILES string of the molecule is CC(=O)N(CC(=O)O)C(C=O)=Cc1ccccc1. The molecule has 0 spiro atoms. The van der Waals surface area contributed by atoms with E-state index in [9.17, 15) is 14.4 Å². The van der Waals surface area contributed by atoms with Crippen molar-refractivity contribution in [2.45, 2.75) is 6.92 Å². The van der Waals surface area contributed by atoms with Gasteiger partial charge >= 0.3 is 5.97 Å². The molecule has 1 N–H and O–H groups in total. The number of carbonyl (C=O) groups is 3. The quantitative estimate of drug-likeness (QED) is 0.625. The van der Waals surface area contributed by atoms with Gasteiger partial charge in [-0.1, -0.05) is 30.3 Å². The molecule has 0 unspecified atom stereocenters. The molecule has 1 amide bonds. The summed E-state index contributed by atoms with van der Waals surface area (Å²) < 4.78 is 0. The smallest absolute Gasteiger partial charge is 0.323 e. The molecule has 5 heteroatoms. The first-order valence-electron chi connectivity index (χ1n) is 5.26. The number of aldehydes is 1. The Bertz CT molecular complexity index is 479. The van der Waals surface area contributed by atoms with Gasteiger partial charge < -0.3 is 5.11 Å². The average Bonchev–Trinajstić information content (AvgIpc) is 2.34. The number of allylic oxidation sites excluding steroid dienone is 1. The predicted molar refractivity (Wildman–Crippen MR) is 65.5 cm³/mol. The highest BCUT2D eigenvalue weighted by Crippen LogP contribution is 2.09. The number of benzene rings is 1. The number of rotatable bonds is 5. The Morgan fingerprint density at radius 3 is 2.33 bits per heavy atom. The highest BCUT2D eigenvalue weighted by atomic mass is 16.4. The first kappa shape index (κ1) is 13.6. The Morgan fingerprint density at radius 1 is 1.28 bits per heavy atom. The topological polar surface area (TPSA) is 74.7 Å². The molecule has 0 saturated heterocycles. The summed E-state index contributed by atoms with van der Waals surface area (Å²) in [5, 5.41) is 8.71. The van der Waals surface area contributed by atoms with Gasteiger partial charge in [0.2, 0.25) is 5.91 Å². The van der Waals surface area contributed by atoms with E-state index in [0.717, 1.165) is 10.5 Å². The molecule has 0 aliphatic carbocycles. The van der Waals surface area contributed by atoms with Crippen LogP contribution in [0.2, 0.25) is 0 Å². The molecule has 0 atom stereocenters. The van der Waals surface area contributed by atoms with Crippen molar-refractivity contribution in [1.29, 1.82) is 0 Å². The van der Waals surface area contributed by atoms with Gasteiger partial charge in [-0.25, -0.2) is 0 Å². The molecule has 1 rings (SSSR count). The molecule has 0 radical (unpaired) electrons. The molecule has 0 saturated carbocycles. The van der Waals surface area contributed by atoms with Crippen LogP contribution in [0, 0.1) is 0 Å². The highest BCUT2D eigenvalue weighted by Gasteiger charge is 2.16. The van der Waals surface area contributed by atoms with Gasteiger partial charge in [-0.3, -0.25) is 19.3 Å². The molecule has 0 aliphatic rings. The lowest BCUT2D eigenvalue weighted by Crippen LogP contribution is -2.33. The van der Waals surface area contributed by atoms with E-state index in [0.29, 0.717) is 6.29 Å². The molecule has 5 nitrogen and oxygen atoms in total. The summed E-state index contributed by atoms with van der Waals surface area (Å²) in [6.45, 7) is 0.679. The number of hydrogen-bond donors (Lipinski definition) is 1. The molecule has 0 fully saturated rings. The summed E-state index contributed by atoms with van der Waals surface area (Å²) in [4.78, 5) is 33.9. The Balaban J connectivity index is 3.06. The van der Waals surface area contributed by atoms with E-state index in [1.165, 1.54) is 13.0 Å². The van der Waals surface area contributed by atoms with Gasteiger partial charge in [-0.2, -0.15) is 0 Å². The van der Waals surface area contributed by atoms with E-state index in [4.69, 9.17) is 5.11 Å². The summed E-state index contributed by atoms with van der Waals surface area (Å²) in [7, 11) is 0. The fourth-order valence-electron chi connectivity index (χ4n) is 1.42. The molecule has 94 valence electrons. The lowest BCUT2D eigenvalue weighted by molar-refractivity contribution is -0.142. The van der Waals surface area contributed by atoms with E-state index in [-0.39, 0.29) is 5.70 Å². The number of aliphatic carboxylic acids is 1. The van der Waals surface area contributed by atoms with Crippen molar-refractivity contribution in [3.05, 3.63) is 41.6 Å². The molecule has 0 aromatic heterocycles. The lowest BCUT2D eigenvalue weighted by Gasteiger charge is -2.18. The molecular weight excluding hydrogens is 234 g/mol. The van der Waals surface area contributed by atoms with Gasteiger partial charge in [0.1, 0.15) is 6.54 Å². The van der Waals surface area contributed by atoms with E-state index in [1.807, 2.05) is 6.07 Å². The fraction of sp³-hybridized carbons (Fsp3) is 0.154. The van der Waals surface area contributed by atoms with Crippen molar-refractivity contribution < 1.29 is 19.5 Å². The maximum Gasteiger partial charge on any atom is 0.323 e. The third-order valence-corrected chi connectivity index (χ3v) is 2.22. The van der Waals surface area contributed by atoms with Crippen molar-refractivity contribution in [3.8, 4) is 0 Å². The van der Waals surface area contributed by atoms with Gasteiger partial charge in [0.25, 0.3) is 0 Å². The number of nitrogens with zero attached hydrogens (tertiary/aromatic N) is 1. The lowest BCUT2D eigenvalue weighted by atomic mass is 10.2. The second kappa shape index (κ2) is 6.34. The molecular formula is C13H13NO4. The Hall–Kier alpha value is -2.43. The number of hydrogen-bond acceptors (Lipinski definition) is 3. The number of amides is 1. The van der Waals surface area contributed by atoms with Gasteiger partial charge in [-0.15, -0.1) is 0 Å². The highest BCUT2D eigenvalue weighted by molar-refractivity contribution is 5.91. The molecule has 18 heavy (non-hydrogen) atoms. The predicted octanol–water partition coefficient (Wildman–Crippen LogP) is 1.16. The maximum atomic E-state index is 11.3. The van der Waals surface area contributed by atoms with E-state index >= 15 is 0 Å². The largest absolute Gasteiger partial charge is 0.480 e. The Morgan fingerprint density at radius 2 is 1.89 bits per heavy atom. The zero-order valence-corrected chi connectivity index (χ0v) is 9.87. The van der Waals surface area contributed by atoms with Crippen LogP contribution in [-0.2, 0) is 14.4 Å². The van der Waals surface area contributed by atoms with Gasteiger partial charge in [0.05, 0.1) is 5.70 Å². The summed E-state index contributed by atoms with van der Waals surface area (Å²) in [5.74, 6) is -1.67. The van der Waals surface area contributed by atoms with Crippen LogP contribution in [0.1, 0.15) is 12.5 Å². The third-order valence-electron chi connectivity index (χ3n) is 2.22. The van der Waals surface area contributed by atoms with Gasteiger partial charge in [-0.05, 0) is 11.6 Å². The zero-order valence-electron chi connectivity index (χ0n) is 9.87. The van der Waals surface area contributed by atoms with Crippen LogP contribution in [-0.4, -0.2) is 34.7 Å². The summed E-state index contributed by atoms with van der Waals surface area (Å²) in [5.41, 5.74) is 0.743. The van der Waals surface area contributed by atoms with E-state index < -0.39 is 18.4 Å². The van der Waals surface area contributed by atoms with E-state index in [1.54, 1.807) is 24.3 Å². The van der Waals surface area contributed by atoms with Crippen molar-refractivity contribution in [3.63, 3.8) is 0 Å². The van der Waals surface area contributed by atoms with Crippen LogP contribution < -0.4 is 0 Å². The number of carboxylic acids is 1. The molecule has 0 bridgehead atoms. The van der Waals surface area contributed by atoms with Crippen LogP contribution in [0.4, 0.5) is 0 Å². The minimum Gasteiger partial charge on any atom is -0.480 e. The maximum absolute atomic E-state index is 11.3. The first-order chi connectivity index (χ1) is 8.54. The standard InChI is InChI=1S/C13H13NO4/c1-10(16)14(8-13(17)18)12(9-15)7-11-5-3-2-4-6-11/h2-7,9H,8H2,1H3,(H,17,18). The number of carbonyl (C=O) groups excluding carboxylic acids is 2. The third kappa shape index (κ3) is 3.86. The van der Waals surface area contributed by atoms with Crippen LogP contribution in [0.15, 0.2) is 36.0 Å². The van der Waals surface area contributed by atoms with Crippen molar-refractivity contribution in [2.24, 2.45) is 0 Å². The average molecular weight is 247 g/mol. The second-order valence-electron chi connectivity index (χ2n) is 3.60. The summed E-state index contributed by atoms with van der Waals surface area (Å²) >= 11 is 0. The van der Waals surface area contributed by atoms with Crippen LogP contribution in [0.25, 0.3) is 6.08 Å². The summed E-state index contributed by atoms with van der Waals surface area (Å²) in [6.07, 6.45) is 1.94. The van der Waals surface area contributed by atoms with Crippen LogP contribution in [0.3, 0.4) is 0 Å². The normalized spacial score (nSPS) is 10.8. The van der Waals surface area contributed by atoms with Crippen LogP contribution in [0.5, 0.6) is 0 Å². The van der Waals surface area contributed by atoms with Crippen molar-refractivity contribution in [2.75, 3.05) is 6.54 Å². The Kier molecular flexibility index (Phi) is 4.80. The van der Waals surface area contributed by atoms with Gasteiger partial charge in [0.15, 0.2) is 6.29 Å². The minimum absolute atomic E-state index is 0.0242. The van der Waals surface area contributed by atoms with Crippen LogP contribution >= 0.6 is 0 Å². The molecule has 1 aromatic carbocycles. The Labute approximate surface area is 104 Å². The molecule has 0 heterocycles. The van der Waals surface area contributed by atoms with Crippen molar-refractivity contribution >= 4 is 24.2 Å². The molecule has 1 aromatic rings.